The van der Waals surface area contributed by atoms with E-state index in [1.807, 2.05) is 6.92 Å². The van der Waals surface area contributed by atoms with E-state index in [2.05, 4.69) is 24.8 Å². The van der Waals surface area contributed by atoms with Crippen LogP contribution in [0.3, 0.4) is 0 Å². The van der Waals surface area contributed by atoms with E-state index in [-0.39, 0.29) is 5.97 Å². The van der Waals surface area contributed by atoms with Gasteiger partial charge in [-0.3, -0.25) is 9.69 Å². The molecule has 0 N–H and O–H groups in total. The minimum atomic E-state index is -0.170. The van der Waals surface area contributed by atoms with Crippen LogP contribution in [0.15, 0.2) is 0 Å². The number of hydrogen-bond acceptors (Lipinski definition) is 4. The summed E-state index contributed by atoms with van der Waals surface area (Å²) in [5.41, 5.74) is 0. The summed E-state index contributed by atoms with van der Waals surface area (Å²) < 4.78 is 4.92. The van der Waals surface area contributed by atoms with Crippen LogP contribution in [0.5, 0.6) is 0 Å². The van der Waals surface area contributed by atoms with Gasteiger partial charge < -0.3 is 4.74 Å². The van der Waals surface area contributed by atoms with Crippen LogP contribution in [0.25, 0.3) is 0 Å². The third kappa shape index (κ3) is 7.24. The molecule has 0 heterocycles. The van der Waals surface area contributed by atoms with E-state index in [1.165, 1.54) is 0 Å². The molecular weight excluding hydrogens is 204 g/mol. The van der Waals surface area contributed by atoms with Gasteiger partial charge in [0.25, 0.3) is 0 Å². The van der Waals surface area contributed by atoms with Crippen molar-refractivity contribution in [3.8, 4) is 6.07 Å². The van der Waals surface area contributed by atoms with Gasteiger partial charge in [-0.15, -0.1) is 0 Å². The van der Waals surface area contributed by atoms with Crippen LogP contribution in [0.4, 0.5) is 0 Å². The van der Waals surface area contributed by atoms with Gasteiger partial charge in [0, 0.05) is 12.5 Å². The van der Waals surface area contributed by atoms with Gasteiger partial charge in [0.1, 0.15) is 0 Å². The Morgan fingerprint density at radius 2 is 2.12 bits per heavy atom. The lowest BCUT2D eigenvalue weighted by molar-refractivity contribution is -0.144. The molecule has 0 aromatic heterocycles. The van der Waals surface area contributed by atoms with Crippen LogP contribution < -0.4 is 0 Å². The van der Waals surface area contributed by atoms with E-state index in [4.69, 9.17) is 10.00 Å². The first-order valence-corrected chi connectivity index (χ1v) is 5.88. The molecule has 0 unspecified atom stereocenters. The van der Waals surface area contributed by atoms with Crippen LogP contribution in [0.1, 0.15) is 40.0 Å². The van der Waals surface area contributed by atoms with Gasteiger partial charge in [0.05, 0.1) is 19.2 Å². The van der Waals surface area contributed by atoms with Crippen LogP contribution in [-0.4, -0.2) is 36.6 Å². The summed E-state index contributed by atoms with van der Waals surface area (Å²) >= 11 is 0. The third-order valence-electron chi connectivity index (χ3n) is 2.35. The molecule has 0 aliphatic heterocycles. The Balaban J connectivity index is 3.89. The number of rotatable bonds is 8. The zero-order chi connectivity index (χ0) is 12.4. The molecule has 0 aromatic carbocycles. The largest absolute Gasteiger partial charge is 0.465 e. The molecule has 0 saturated heterocycles. The highest BCUT2D eigenvalue weighted by Gasteiger charge is 2.13. The van der Waals surface area contributed by atoms with Crippen molar-refractivity contribution in [3.05, 3.63) is 0 Å². The summed E-state index contributed by atoms with van der Waals surface area (Å²) in [4.78, 5) is 13.4. The maximum Gasteiger partial charge on any atom is 0.320 e. The quantitative estimate of drug-likeness (QED) is 0.469. The summed E-state index contributed by atoms with van der Waals surface area (Å²) in [5.74, 6) is -0.170. The predicted molar refractivity (Wildman–Crippen MR) is 62.8 cm³/mol. The van der Waals surface area contributed by atoms with Crippen molar-refractivity contribution >= 4 is 5.97 Å². The van der Waals surface area contributed by atoms with Crippen LogP contribution in [0, 0.1) is 11.3 Å². The summed E-state index contributed by atoms with van der Waals surface area (Å²) in [6.07, 6.45) is 2.43. The van der Waals surface area contributed by atoms with Crippen LogP contribution in [0.2, 0.25) is 0 Å². The first-order chi connectivity index (χ1) is 7.61. The Bertz CT molecular complexity index is 234. The minimum absolute atomic E-state index is 0.170. The van der Waals surface area contributed by atoms with Crippen molar-refractivity contribution in [1.29, 1.82) is 5.26 Å². The van der Waals surface area contributed by atoms with E-state index in [1.54, 1.807) is 0 Å². The standard InChI is InChI=1S/C12H22N2O2/c1-4-16-12(15)10-14(11(2)3)9-7-5-6-8-13/h11H,4-7,9-10H2,1-3H3. The predicted octanol–water partition coefficient (Wildman–Crippen LogP) is 1.95. The molecule has 0 spiro atoms. The lowest BCUT2D eigenvalue weighted by Gasteiger charge is -2.25. The summed E-state index contributed by atoms with van der Waals surface area (Å²) in [7, 11) is 0. The Morgan fingerprint density at radius 1 is 1.44 bits per heavy atom. The second-order valence-corrected chi connectivity index (χ2v) is 3.98. The number of nitriles is 1. The zero-order valence-electron chi connectivity index (χ0n) is 10.5. The molecule has 0 aromatic rings. The van der Waals surface area contributed by atoms with Gasteiger partial charge in [-0.1, -0.05) is 0 Å². The molecule has 0 bridgehead atoms. The van der Waals surface area contributed by atoms with Gasteiger partial charge in [-0.2, -0.15) is 5.26 Å². The SMILES string of the molecule is CCOC(=O)CN(CCCCC#N)C(C)C. The summed E-state index contributed by atoms with van der Waals surface area (Å²) in [6, 6.07) is 2.45. The van der Waals surface area contributed by atoms with Crippen LogP contribution >= 0.6 is 0 Å². The second kappa shape index (κ2) is 9.17. The first kappa shape index (κ1) is 14.9. The molecule has 0 rings (SSSR count). The first-order valence-electron chi connectivity index (χ1n) is 5.88. The average Bonchev–Trinajstić information content (AvgIpc) is 2.22. The molecule has 4 nitrogen and oxygen atoms in total. The van der Waals surface area contributed by atoms with Gasteiger partial charge >= 0.3 is 5.97 Å². The number of unbranched alkanes of at least 4 members (excludes halogenated alkanes) is 2. The molecule has 4 heteroatoms. The Morgan fingerprint density at radius 3 is 2.62 bits per heavy atom. The fourth-order valence-corrected chi connectivity index (χ4v) is 1.41. The molecule has 92 valence electrons. The van der Waals surface area contributed by atoms with Gasteiger partial charge in [-0.05, 0) is 40.2 Å². The Kier molecular flexibility index (Phi) is 8.55. The molecule has 0 aliphatic rings. The fraction of sp³-hybridized carbons (Fsp3) is 0.833. The van der Waals surface area contributed by atoms with Gasteiger partial charge in [0.15, 0.2) is 0 Å². The maximum atomic E-state index is 11.3. The zero-order valence-corrected chi connectivity index (χ0v) is 10.5. The van der Waals surface area contributed by atoms with E-state index in [0.717, 1.165) is 19.4 Å². The topological polar surface area (TPSA) is 53.3 Å². The molecular formula is C12H22N2O2. The van der Waals surface area contributed by atoms with Crippen molar-refractivity contribution in [2.45, 2.75) is 46.1 Å². The third-order valence-corrected chi connectivity index (χ3v) is 2.35. The van der Waals surface area contributed by atoms with E-state index in [9.17, 15) is 4.79 Å². The van der Waals surface area contributed by atoms with E-state index >= 15 is 0 Å². The smallest absolute Gasteiger partial charge is 0.320 e. The number of esters is 1. The number of carbonyl (C=O) groups is 1. The normalized spacial score (nSPS) is 10.5. The second-order valence-electron chi connectivity index (χ2n) is 3.98. The van der Waals surface area contributed by atoms with Gasteiger partial charge in [-0.25, -0.2) is 0 Å². The molecule has 0 radical (unpaired) electrons. The molecule has 0 atom stereocenters. The molecule has 16 heavy (non-hydrogen) atoms. The minimum Gasteiger partial charge on any atom is -0.465 e. The monoisotopic (exact) mass is 226 g/mol. The van der Waals surface area contributed by atoms with Crippen molar-refractivity contribution in [2.75, 3.05) is 19.7 Å². The molecule has 0 aliphatic carbocycles. The summed E-state index contributed by atoms with van der Waals surface area (Å²) in [6.45, 7) is 7.55. The van der Waals surface area contributed by atoms with Crippen molar-refractivity contribution in [2.24, 2.45) is 0 Å². The lowest BCUT2D eigenvalue weighted by Crippen LogP contribution is -2.37. The van der Waals surface area contributed by atoms with Crippen molar-refractivity contribution in [1.82, 2.24) is 4.90 Å². The lowest BCUT2D eigenvalue weighted by atomic mass is 10.2. The van der Waals surface area contributed by atoms with E-state index in [0.29, 0.717) is 25.6 Å². The average molecular weight is 226 g/mol. The highest BCUT2D eigenvalue weighted by molar-refractivity contribution is 5.71. The van der Waals surface area contributed by atoms with Crippen molar-refractivity contribution in [3.63, 3.8) is 0 Å². The Hall–Kier alpha value is -1.08. The number of nitrogens with zero attached hydrogens (tertiary/aromatic N) is 2. The van der Waals surface area contributed by atoms with Gasteiger partial charge in [0.2, 0.25) is 0 Å². The maximum absolute atomic E-state index is 11.3. The fourth-order valence-electron chi connectivity index (χ4n) is 1.41. The summed E-state index contributed by atoms with van der Waals surface area (Å²) in [5, 5.41) is 8.42. The highest BCUT2D eigenvalue weighted by Crippen LogP contribution is 2.03. The van der Waals surface area contributed by atoms with Crippen molar-refractivity contribution < 1.29 is 9.53 Å². The number of ether oxygens (including phenoxy) is 1. The molecule has 0 saturated carbocycles. The molecule has 0 fully saturated rings. The Labute approximate surface area is 98.2 Å². The van der Waals surface area contributed by atoms with Crippen LogP contribution in [-0.2, 0) is 9.53 Å². The number of carbonyl (C=O) groups excluding carboxylic acids is 1. The molecule has 0 amide bonds. The highest BCUT2D eigenvalue weighted by atomic mass is 16.5. The van der Waals surface area contributed by atoms with E-state index < -0.39 is 0 Å². The number of hydrogen-bond donors (Lipinski definition) is 0.